The highest BCUT2D eigenvalue weighted by Gasteiger charge is 2.15. The Morgan fingerprint density at radius 3 is 2.38 bits per heavy atom. The Kier molecular flexibility index (Phi) is 5.70. The van der Waals surface area contributed by atoms with Crippen molar-refractivity contribution in [3.05, 3.63) is 87.7 Å². The van der Waals surface area contributed by atoms with E-state index >= 15 is 0 Å². The van der Waals surface area contributed by atoms with Gasteiger partial charge in [0.15, 0.2) is 0 Å². The fraction of sp³-hybridized carbons (Fsp3) is 0.200. The first-order valence-electron chi connectivity index (χ1n) is 9.56. The summed E-state index contributed by atoms with van der Waals surface area (Å²) in [5.41, 5.74) is 8.20. The van der Waals surface area contributed by atoms with Crippen molar-refractivity contribution in [3.8, 4) is 11.8 Å². The molecule has 146 valence electrons. The zero-order chi connectivity index (χ0) is 21.1. The van der Waals surface area contributed by atoms with Crippen molar-refractivity contribution < 1.29 is 4.79 Å². The van der Waals surface area contributed by atoms with E-state index in [4.69, 9.17) is 0 Å². The second kappa shape index (κ2) is 8.20. The molecule has 0 saturated heterocycles. The van der Waals surface area contributed by atoms with Crippen molar-refractivity contribution >= 4 is 17.7 Å². The Labute approximate surface area is 172 Å². The van der Waals surface area contributed by atoms with E-state index in [2.05, 4.69) is 41.9 Å². The molecule has 0 saturated carbocycles. The molecule has 0 aliphatic carbocycles. The van der Waals surface area contributed by atoms with Crippen LogP contribution in [0.4, 0.5) is 5.69 Å². The van der Waals surface area contributed by atoms with E-state index in [9.17, 15) is 10.1 Å². The summed E-state index contributed by atoms with van der Waals surface area (Å²) in [4.78, 5) is 12.6. The largest absolute Gasteiger partial charge is 0.321 e. The van der Waals surface area contributed by atoms with Gasteiger partial charge in [-0.2, -0.15) is 5.26 Å². The van der Waals surface area contributed by atoms with Crippen molar-refractivity contribution in [2.45, 2.75) is 34.6 Å². The number of carbonyl (C=O) groups is 1. The lowest BCUT2D eigenvalue weighted by atomic mass is 10.1. The standard InChI is InChI=1S/C25H25N3O/c1-16-7-6-8-23(12-16)27-25(29)22(15-26)14-21-13-19(4)28(20(21)5)24-10-9-17(2)11-18(24)3/h6-14H,1-5H3,(H,27,29). The van der Waals surface area contributed by atoms with Crippen molar-refractivity contribution in [2.24, 2.45) is 0 Å². The van der Waals surface area contributed by atoms with Crippen LogP contribution in [0, 0.1) is 45.9 Å². The molecule has 0 spiro atoms. The SMILES string of the molecule is Cc1cccc(NC(=O)C(C#N)=Cc2cc(C)n(-c3ccc(C)cc3C)c2C)c1. The van der Waals surface area contributed by atoms with Crippen LogP contribution < -0.4 is 5.32 Å². The number of aromatic nitrogens is 1. The van der Waals surface area contributed by atoms with Crippen LogP contribution in [0.25, 0.3) is 11.8 Å². The smallest absolute Gasteiger partial charge is 0.266 e. The maximum absolute atomic E-state index is 12.6. The van der Waals surface area contributed by atoms with Gasteiger partial charge < -0.3 is 9.88 Å². The number of hydrogen-bond acceptors (Lipinski definition) is 2. The van der Waals surface area contributed by atoms with Gasteiger partial charge in [0.25, 0.3) is 5.91 Å². The predicted octanol–water partition coefficient (Wildman–Crippen LogP) is 5.57. The van der Waals surface area contributed by atoms with Crippen LogP contribution in [-0.2, 0) is 4.79 Å². The zero-order valence-electron chi connectivity index (χ0n) is 17.5. The van der Waals surface area contributed by atoms with Crippen LogP contribution in [0.3, 0.4) is 0 Å². The quantitative estimate of drug-likeness (QED) is 0.473. The number of nitrogens with one attached hydrogen (secondary N) is 1. The molecule has 0 aliphatic heterocycles. The Balaban J connectivity index is 1.96. The van der Waals surface area contributed by atoms with Crippen molar-refractivity contribution in [1.29, 1.82) is 5.26 Å². The minimum atomic E-state index is -0.408. The van der Waals surface area contributed by atoms with E-state index in [1.54, 1.807) is 6.08 Å². The third-order valence-electron chi connectivity index (χ3n) is 5.00. The molecule has 4 nitrogen and oxygen atoms in total. The lowest BCUT2D eigenvalue weighted by molar-refractivity contribution is -0.112. The van der Waals surface area contributed by atoms with Gasteiger partial charge in [-0.05, 0) is 81.7 Å². The molecule has 3 aromatic rings. The van der Waals surface area contributed by atoms with E-state index in [1.807, 2.05) is 57.2 Å². The fourth-order valence-corrected chi connectivity index (χ4v) is 3.59. The molecule has 0 radical (unpaired) electrons. The summed E-state index contributed by atoms with van der Waals surface area (Å²) in [5, 5.41) is 12.4. The Morgan fingerprint density at radius 2 is 1.72 bits per heavy atom. The molecule has 0 atom stereocenters. The zero-order valence-corrected chi connectivity index (χ0v) is 17.5. The summed E-state index contributed by atoms with van der Waals surface area (Å²) in [6, 6.07) is 17.9. The van der Waals surface area contributed by atoms with Gasteiger partial charge in [-0.25, -0.2) is 0 Å². The summed E-state index contributed by atoms with van der Waals surface area (Å²) in [7, 11) is 0. The Bertz CT molecular complexity index is 1160. The molecule has 2 aromatic carbocycles. The molecule has 1 amide bonds. The van der Waals surface area contributed by atoms with Gasteiger partial charge in [0, 0.05) is 22.8 Å². The molecule has 0 bridgehead atoms. The number of aryl methyl sites for hydroxylation is 4. The van der Waals surface area contributed by atoms with E-state index < -0.39 is 5.91 Å². The molecule has 1 heterocycles. The third-order valence-corrected chi connectivity index (χ3v) is 5.00. The molecule has 1 N–H and O–H groups in total. The maximum atomic E-state index is 12.6. The molecule has 4 heteroatoms. The molecular formula is C25H25N3O. The fourth-order valence-electron chi connectivity index (χ4n) is 3.59. The molecule has 0 aliphatic rings. The predicted molar refractivity (Wildman–Crippen MR) is 118 cm³/mol. The Morgan fingerprint density at radius 1 is 1.00 bits per heavy atom. The second-order valence-corrected chi connectivity index (χ2v) is 7.45. The van der Waals surface area contributed by atoms with Crippen molar-refractivity contribution in [2.75, 3.05) is 5.32 Å². The number of benzene rings is 2. The van der Waals surface area contributed by atoms with Gasteiger partial charge >= 0.3 is 0 Å². The number of nitrogens with zero attached hydrogens (tertiary/aromatic N) is 2. The number of nitriles is 1. The minimum Gasteiger partial charge on any atom is -0.321 e. The van der Waals surface area contributed by atoms with E-state index in [1.165, 1.54) is 11.1 Å². The van der Waals surface area contributed by atoms with Crippen LogP contribution in [0.15, 0.2) is 54.1 Å². The number of anilines is 1. The molecule has 3 rings (SSSR count). The van der Waals surface area contributed by atoms with Crippen LogP contribution in [-0.4, -0.2) is 10.5 Å². The number of carbonyl (C=O) groups excluding carboxylic acids is 1. The average Bonchev–Trinajstić information content (AvgIpc) is 2.93. The highest BCUT2D eigenvalue weighted by Crippen LogP contribution is 2.25. The molecule has 29 heavy (non-hydrogen) atoms. The van der Waals surface area contributed by atoms with E-state index in [0.717, 1.165) is 28.2 Å². The summed E-state index contributed by atoms with van der Waals surface area (Å²) in [5.74, 6) is -0.408. The highest BCUT2D eigenvalue weighted by atomic mass is 16.1. The highest BCUT2D eigenvalue weighted by molar-refractivity contribution is 6.09. The summed E-state index contributed by atoms with van der Waals surface area (Å²) < 4.78 is 2.16. The van der Waals surface area contributed by atoms with Gasteiger partial charge in [0.1, 0.15) is 11.6 Å². The van der Waals surface area contributed by atoms with Crippen molar-refractivity contribution in [1.82, 2.24) is 4.57 Å². The van der Waals surface area contributed by atoms with E-state index in [-0.39, 0.29) is 5.57 Å². The summed E-state index contributed by atoms with van der Waals surface area (Å²) in [6.07, 6.45) is 1.66. The number of amides is 1. The summed E-state index contributed by atoms with van der Waals surface area (Å²) >= 11 is 0. The first-order chi connectivity index (χ1) is 13.8. The van der Waals surface area contributed by atoms with Gasteiger partial charge in [-0.1, -0.05) is 29.8 Å². The van der Waals surface area contributed by atoms with Crippen molar-refractivity contribution in [3.63, 3.8) is 0 Å². The van der Waals surface area contributed by atoms with Crippen LogP contribution in [0.1, 0.15) is 33.6 Å². The van der Waals surface area contributed by atoms with Gasteiger partial charge in [0.05, 0.1) is 0 Å². The normalized spacial score (nSPS) is 11.2. The van der Waals surface area contributed by atoms with Gasteiger partial charge in [-0.15, -0.1) is 0 Å². The first kappa shape index (κ1) is 20.2. The van der Waals surface area contributed by atoms with Gasteiger partial charge in [0.2, 0.25) is 0 Å². The lowest BCUT2D eigenvalue weighted by Gasteiger charge is -2.13. The molecule has 0 unspecified atom stereocenters. The molecular weight excluding hydrogens is 358 g/mol. The Hall–Kier alpha value is -3.58. The molecule has 0 fully saturated rings. The second-order valence-electron chi connectivity index (χ2n) is 7.45. The maximum Gasteiger partial charge on any atom is 0.266 e. The van der Waals surface area contributed by atoms with Crippen LogP contribution in [0.2, 0.25) is 0 Å². The first-order valence-corrected chi connectivity index (χ1v) is 9.56. The number of hydrogen-bond donors (Lipinski definition) is 1. The molecule has 1 aromatic heterocycles. The monoisotopic (exact) mass is 383 g/mol. The number of rotatable bonds is 4. The summed E-state index contributed by atoms with van der Waals surface area (Å²) in [6.45, 7) is 10.2. The van der Waals surface area contributed by atoms with Crippen LogP contribution >= 0.6 is 0 Å². The topological polar surface area (TPSA) is 57.8 Å². The van der Waals surface area contributed by atoms with Crippen LogP contribution in [0.5, 0.6) is 0 Å². The lowest BCUT2D eigenvalue weighted by Crippen LogP contribution is -2.13. The van der Waals surface area contributed by atoms with E-state index in [0.29, 0.717) is 5.69 Å². The minimum absolute atomic E-state index is 0.0763. The third kappa shape index (κ3) is 4.30. The van der Waals surface area contributed by atoms with Gasteiger partial charge in [-0.3, -0.25) is 4.79 Å². The average molecular weight is 383 g/mol.